The second-order valence-corrected chi connectivity index (χ2v) is 42.2. The van der Waals surface area contributed by atoms with Crippen molar-refractivity contribution in [3.63, 3.8) is 0 Å². The van der Waals surface area contributed by atoms with E-state index < -0.39 is 149 Å². The number of halogens is 2. The molecule has 5 saturated heterocycles. The number of hydrogen-bond donors (Lipinski definition) is 8. The van der Waals surface area contributed by atoms with Crippen LogP contribution in [0.1, 0.15) is 195 Å². The fourth-order valence-electron chi connectivity index (χ4n) is 15.6. The van der Waals surface area contributed by atoms with Crippen molar-refractivity contribution in [1.29, 1.82) is 0 Å². The van der Waals surface area contributed by atoms with Crippen molar-refractivity contribution in [3.05, 3.63) is 104 Å². The lowest BCUT2D eigenvalue weighted by Crippen LogP contribution is -2.63. The number of nitrogens with one attached hydrogen (secondary N) is 3. The van der Waals surface area contributed by atoms with Crippen LogP contribution >= 0.6 is 66.4 Å². The summed E-state index contributed by atoms with van der Waals surface area (Å²) < 4.78 is 47.0. The van der Waals surface area contributed by atoms with Gasteiger partial charge in [-0.3, -0.25) is 61.3 Å². The summed E-state index contributed by atoms with van der Waals surface area (Å²) in [6.07, 6.45) is 4.76. The van der Waals surface area contributed by atoms with Gasteiger partial charge in [0.1, 0.15) is 59.9 Å². The number of fused-ring (bicyclic) bond motifs is 10. The fourth-order valence-corrected chi connectivity index (χ4v) is 21.4. The molecular formula is C88H129Cl2N11O23S4. The van der Waals surface area contributed by atoms with Crippen molar-refractivity contribution in [2.45, 2.75) is 293 Å². The zero-order chi connectivity index (χ0) is 95.6. The van der Waals surface area contributed by atoms with Crippen LogP contribution in [-0.2, 0) is 104 Å². The summed E-state index contributed by atoms with van der Waals surface area (Å²) in [7, 11) is 15.5. The van der Waals surface area contributed by atoms with Crippen LogP contribution in [-0.4, -0.2) is 243 Å². The molecule has 40 heteroatoms. The molecule has 2 aromatic carbocycles. The zero-order valence-electron chi connectivity index (χ0n) is 76.8. The number of alkyl carbamates (subject to hydrolysis) is 2. The number of carbonyl (C=O) groups is 12. The Kier molecular flexibility index (Phi) is 39.2. The van der Waals surface area contributed by atoms with Gasteiger partial charge in [-0.15, -0.1) is 5.06 Å². The maximum absolute atomic E-state index is 14.3. The molecule has 9 rings (SSSR count). The average molecular weight is 1910 g/mol. The third-order valence-corrected chi connectivity index (χ3v) is 31.9. The number of carbonyl (C=O) groups excluding carboxylic acids is 12. The molecule has 10 unspecified atom stereocenters. The van der Waals surface area contributed by atoms with Gasteiger partial charge in [-0.25, -0.2) is 29.8 Å². The van der Waals surface area contributed by atoms with Gasteiger partial charge in [0, 0.05) is 127 Å². The number of likely N-dealkylation sites (N-methyl/N-ethyl adjacent to an activating group) is 2. The van der Waals surface area contributed by atoms with E-state index in [9.17, 15) is 67.7 Å². The fraction of sp³-hybridized carbons (Fsp3) is 0.636. The summed E-state index contributed by atoms with van der Waals surface area (Å²) in [5.74, 6) is 8.59. The van der Waals surface area contributed by atoms with Gasteiger partial charge in [-0.1, -0.05) is 140 Å². The van der Waals surface area contributed by atoms with Crippen LogP contribution in [0.25, 0.3) is 0 Å². The molecule has 0 spiro atoms. The first kappa shape index (κ1) is 107. The highest BCUT2D eigenvalue weighted by atomic mass is 35.5. The molecule has 0 radical (unpaired) electrons. The zero-order valence-corrected chi connectivity index (χ0v) is 81.5. The Morgan fingerprint density at radius 2 is 0.992 bits per heavy atom. The van der Waals surface area contributed by atoms with Gasteiger partial charge in [-0.05, 0) is 156 Å². The number of amides is 9. The molecule has 11 N–H and O–H groups in total. The maximum Gasteiger partial charge on any atom is 0.409 e. The number of hydrazine groups is 2. The number of allylic oxidation sites excluding steroid dienone is 6. The Hall–Kier alpha value is -7.54. The molecule has 0 aromatic heterocycles. The molecule has 2 aromatic rings. The minimum Gasteiger partial charge on any atom is -0.457 e. The van der Waals surface area contributed by atoms with Gasteiger partial charge in [0.2, 0.25) is 29.5 Å². The lowest BCUT2D eigenvalue weighted by atomic mass is 9.83. The van der Waals surface area contributed by atoms with E-state index in [1.54, 1.807) is 119 Å². The van der Waals surface area contributed by atoms with Crippen molar-refractivity contribution in [3.8, 4) is 0 Å². The quantitative estimate of drug-likeness (QED) is 0.00474. The number of nitrogens with zero attached hydrogens (tertiary/aromatic N) is 5. The predicted octanol–water partition coefficient (Wildman–Crippen LogP) is 10.5. The van der Waals surface area contributed by atoms with E-state index in [-0.39, 0.29) is 85.0 Å². The number of nitrogens with two attached hydrogens (primary N) is 3. The van der Waals surface area contributed by atoms with Crippen LogP contribution in [0.2, 0.25) is 10.0 Å². The molecule has 8 bridgehead atoms. The average Bonchev–Trinajstić information content (AvgIpc) is 1.57. The first-order valence-electron chi connectivity index (χ1n) is 42.5. The molecule has 0 saturated carbocycles. The predicted molar refractivity (Wildman–Crippen MR) is 491 cm³/mol. The van der Waals surface area contributed by atoms with Crippen molar-refractivity contribution >= 4 is 149 Å². The number of ether oxygens (including phenoxy) is 8. The molecule has 5 fully saturated rings. The number of epoxide rings is 2. The number of imide groups is 1. The third kappa shape index (κ3) is 28.5. The maximum atomic E-state index is 14.3. The molecular weight excluding hydrogens is 1780 g/mol. The van der Waals surface area contributed by atoms with E-state index >= 15 is 0 Å². The number of methoxy groups -OCH3 is 2. The smallest absolute Gasteiger partial charge is 0.409 e. The Labute approximate surface area is 775 Å². The monoisotopic (exact) mass is 1910 g/mol. The number of esters is 2. The summed E-state index contributed by atoms with van der Waals surface area (Å²) in [5, 5.41) is 30.0. The number of aliphatic hydroxyl groups is 2. The second kappa shape index (κ2) is 46.7. The van der Waals surface area contributed by atoms with Crippen LogP contribution in [0.4, 0.5) is 21.0 Å². The Morgan fingerprint density at radius 3 is 1.36 bits per heavy atom. The number of aryl methyl sites for hydroxylation is 2. The minimum atomic E-state index is -1.85. The minimum absolute atomic E-state index is 0.0269. The summed E-state index contributed by atoms with van der Waals surface area (Å²) in [4.78, 5) is 167. The van der Waals surface area contributed by atoms with E-state index in [4.69, 9.17) is 71.8 Å². The summed E-state index contributed by atoms with van der Waals surface area (Å²) in [6.45, 7) is 25.8. The summed E-state index contributed by atoms with van der Waals surface area (Å²) >= 11 is 13.6. The number of anilines is 2. The summed E-state index contributed by atoms with van der Waals surface area (Å²) in [6, 6.07) is 5.52. The van der Waals surface area contributed by atoms with Crippen LogP contribution in [0, 0.1) is 25.7 Å². The van der Waals surface area contributed by atoms with E-state index in [0.29, 0.717) is 77.2 Å². The van der Waals surface area contributed by atoms with E-state index in [2.05, 4.69) is 27.7 Å². The Balaban J connectivity index is 0.000000346. The molecule has 128 heavy (non-hydrogen) atoms. The van der Waals surface area contributed by atoms with Crippen LogP contribution in [0.15, 0.2) is 71.9 Å². The van der Waals surface area contributed by atoms with Crippen LogP contribution in [0.3, 0.4) is 0 Å². The lowest BCUT2D eigenvalue weighted by molar-refractivity contribution is -0.197. The van der Waals surface area contributed by atoms with Crippen LogP contribution < -0.4 is 43.4 Å². The molecule has 7 aliphatic rings. The molecule has 7 heterocycles. The number of hydrogen-bond acceptors (Lipinski definition) is 30. The standard InChI is InChI=1S/C46H63ClN4O13S2.C42H62ClN5O10S2.H4N2/c1-26-13-11-14-33(60-10)46(59)25-32(61-43(58)48-46)28(3)41-45(7,63-41)34(24-38(55)50(9)31-23-30(21-26)22-27(2)40(31)47)62-42(57)29(4)49(8)35(52)18-19-44(5,6)66-65-20-12-15-39(56)64-51-36(53)16-17-37(51)54;1-24-13-11-14-31(55-10)42(54)23-30(56-39(53)45-42)26(3)37-41(7,58-37)32(22-35(51)48(9)29-21-28(19-24)20-25(2)36(29)43)57-38(52)27(4)47(8)34(50)16-17-40(5,6)60-59-18-12-15-33(49)46-44;1-2/h11,13-14,22-23,28-29,32-34,41,59H,12,15-21,24-25H2,1-10H3,(H,48,58);11,13-14,20-21,26-27,30-32,37,54H,12,15-19,22-23,44H2,1-10H3,(H,45,53)(H,46,49);1-2H2/b14-11+,26-13+;14-11+,24-13+;/t28?,29-,32?,33?,34?,41+,45+,46?;26?,27-,30?,31?,32?,37+,41+,42?;/m00./s1. The number of benzene rings is 2. The first-order chi connectivity index (χ1) is 59.9. The summed E-state index contributed by atoms with van der Waals surface area (Å²) in [5.41, 5.74) is 2.17. The third-order valence-electron chi connectivity index (χ3n) is 24.1. The molecule has 34 nitrogen and oxygen atoms in total. The van der Waals surface area contributed by atoms with E-state index in [1.807, 2.05) is 91.8 Å². The topological polar surface area (TPSA) is 465 Å². The van der Waals surface area contributed by atoms with Gasteiger partial charge in [0.05, 0.1) is 46.5 Å². The highest BCUT2D eigenvalue weighted by molar-refractivity contribution is 8.77. The van der Waals surface area contributed by atoms with Crippen molar-refractivity contribution in [2.24, 2.45) is 29.4 Å². The molecule has 7 aliphatic heterocycles. The van der Waals surface area contributed by atoms with E-state index in [1.165, 1.54) is 51.7 Å². The SMILES string of the molecule is COC1/C=C/C=C(\C)Cc2cc(C)c(Cl)c(c2)N(C)C(=O)CC(OC(=O)[C@H](C)N(C)C(=O)CCC(C)(C)SSCCCC(=O)NN)[C@@]2(C)O[C@@H]2C(C)C2CC1(O)NC(=O)O2.COC1/C=C/C=C(\C)Cc2cc(C)c(Cl)c(c2)N(C)C(=O)CC(OC(=O)[C@H](C)N(C)C(=O)CCC(C)(C)SSCCCC(=O)ON2C(=O)CCC2=O)[C@@]2(C)O[C@@H]2C(C)C2CC1(O)NC(=O)O2.NN. The Bertz CT molecular complexity index is 4490. The van der Waals surface area contributed by atoms with Gasteiger partial charge in [-0.2, -0.15) is 0 Å². The van der Waals surface area contributed by atoms with Gasteiger partial charge < -0.3 is 72.5 Å². The highest BCUT2D eigenvalue weighted by Crippen LogP contribution is 2.52. The molecule has 9 amide bonds. The second-order valence-electron chi connectivity index (χ2n) is 35.2. The van der Waals surface area contributed by atoms with Gasteiger partial charge in [0.25, 0.3) is 11.8 Å². The van der Waals surface area contributed by atoms with Gasteiger partial charge in [0.15, 0.2) is 11.4 Å². The van der Waals surface area contributed by atoms with Crippen molar-refractivity contribution in [1.82, 2.24) is 30.9 Å². The molecule has 712 valence electrons. The van der Waals surface area contributed by atoms with Crippen molar-refractivity contribution in [2.75, 3.05) is 63.7 Å². The van der Waals surface area contributed by atoms with Gasteiger partial charge >= 0.3 is 30.1 Å². The van der Waals surface area contributed by atoms with E-state index in [0.717, 1.165) is 39.2 Å². The number of hydroxylamine groups is 2. The van der Waals surface area contributed by atoms with Crippen LogP contribution in [0.5, 0.6) is 0 Å². The normalized spacial score (nSPS) is 28.6. The number of rotatable bonds is 27. The Morgan fingerprint density at radius 1 is 0.617 bits per heavy atom. The largest absolute Gasteiger partial charge is 0.457 e. The lowest BCUT2D eigenvalue weighted by Gasteiger charge is -2.42. The molecule has 16 atom stereocenters. The molecule has 0 aliphatic carbocycles. The first-order valence-corrected chi connectivity index (χ1v) is 47.9. The highest BCUT2D eigenvalue weighted by Gasteiger charge is 2.66. The van der Waals surface area contributed by atoms with Crippen molar-refractivity contribution < 1.29 is 110 Å².